The molecule has 0 bridgehead atoms. The number of hydrogen-bond donors (Lipinski definition) is 8. The summed E-state index contributed by atoms with van der Waals surface area (Å²) < 4.78 is 7.40. The van der Waals surface area contributed by atoms with Gasteiger partial charge in [0, 0.05) is 61.9 Å². The van der Waals surface area contributed by atoms with Gasteiger partial charge in [-0.25, -0.2) is 24.2 Å². The maximum atomic E-state index is 11.9. The molecule has 0 aliphatic carbocycles. The second-order valence-corrected chi connectivity index (χ2v) is 25.8. The molecule has 0 saturated carbocycles. The van der Waals surface area contributed by atoms with Crippen molar-refractivity contribution in [3.8, 4) is 45.1 Å². The lowest BCUT2D eigenvalue weighted by Gasteiger charge is -2.14. The van der Waals surface area contributed by atoms with Crippen LogP contribution in [-0.2, 0) is 44.9 Å². The Kier molecular flexibility index (Phi) is 29.9. The number of imidazole rings is 1. The molecule has 482 valence electrons. The molecule has 22 heteroatoms. The van der Waals surface area contributed by atoms with E-state index in [4.69, 9.17) is 34.9 Å². The van der Waals surface area contributed by atoms with E-state index >= 15 is 0 Å². The Morgan fingerprint density at radius 1 is 0.527 bits per heavy atom. The Morgan fingerprint density at radius 2 is 0.946 bits per heavy atom. The molecule has 0 aliphatic heterocycles. The monoisotopic (exact) mass is 1390 g/mol. The molecule has 1 heterocycles. The summed E-state index contributed by atoms with van der Waals surface area (Å²) in [6, 6.07) is 54.6. The number of para-hydroxylation sites is 2. The first-order valence-corrected chi connectivity index (χ1v) is 35.3. The third-order valence-corrected chi connectivity index (χ3v) is 18.6. The van der Waals surface area contributed by atoms with E-state index in [9.17, 15) is 34.5 Å². The number of hydrogen-bond acceptors (Lipinski definition) is 13. The van der Waals surface area contributed by atoms with Gasteiger partial charge in [0.2, 0.25) is 0 Å². The predicted octanol–water partition coefficient (Wildman–Crippen LogP) is 13.8. The number of carboxylic acids is 3. The fraction of sp³-hybridized carbons (Fsp3) is 0.225. The number of ether oxygens (including phenoxy) is 1. The largest absolute Gasteiger partial charge is 0.507 e. The number of halogens is 1. The normalized spacial score (nSPS) is 11.2. The topological polar surface area (TPSA) is 257 Å². The van der Waals surface area contributed by atoms with Gasteiger partial charge in [-0.2, -0.15) is 0 Å². The van der Waals surface area contributed by atoms with E-state index in [1.807, 2.05) is 66.7 Å². The maximum Gasteiger partial charge on any atom is 0.488 e. The number of alkyl halides is 1. The maximum absolute atomic E-state index is 11.9. The van der Waals surface area contributed by atoms with Crippen molar-refractivity contribution >= 4 is 138 Å². The highest BCUT2D eigenvalue weighted by Crippen LogP contribution is 2.43. The number of benzene rings is 9. The Bertz CT molecular complexity index is 4180. The summed E-state index contributed by atoms with van der Waals surface area (Å²) in [4.78, 5) is 50.5. The van der Waals surface area contributed by atoms with Crippen molar-refractivity contribution in [2.75, 3.05) is 11.9 Å². The van der Waals surface area contributed by atoms with Gasteiger partial charge in [0.25, 0.3) is 0 Å². The molecule has 8 N–H and O–H groups in total. The van der Waals surface area contributed by atoms with Gasteiger partial charge >= 0.3 is 38.1 Å². The fourth-order valence-electron chi connectivity index (χ4n) is 10.1. The van der Waals surface area contributed by atoms with Gasteiger partial charge in [-0.3, -0.25) is 4.57 Å². The van der Waals surface area contributed by atoms with Crippen molar-refractivity contribution in [2.45, 2.75) is 79.1 Å². The lowest BCUT2D eigenvalue weighted by Crippen LogP contribution is -2.29. The average molecular weight is 1390 g/mol. The molecule has 10 aromatic rings. The Hall–Kier alpha value is -8.02. The van der Waals surface area contributed by atoms with Crippen molar-refractivity contribution in [1.82, 2.24) is 9.55 Å². The highest BCUT2D eigenvalue weighted by atomic mass is 79.9. The van der Waals surface area contributed by atoms with Crippen LogP contribution in [0.25, 0.3) is 71.9 Å². The van der Waals surface area contributed by atoms with Crippen LogP contribution in [0.5, 0.6) is 5.75 Å². The van der Waals surface area contributed by atoms with Gasteiger partial charge in [0.05, 0.1) is 45.5 Å². The van der Waals surface area contributed by atoms with Gasteiger partial charge < -0.3 is 45.3 Å². The minimum absolute atomic E-state index is 0.108. The third kappa shape index (κ3) is 20.7. The quantitative estimate of drug-likeness (QED) is 0.0144. The minimum atomic E-state index is -1.55. The second kappa shape index (κ2) is 37.6. The summed E-state index contributed by atoms with van der Waals surface area (Å²) in [5.74, 6) is -1.33. The molecule has 15 nitrogen and oxygen atoms in total. The molecule has 9 aromatic carbocycles. The number of rotatable bonds is 21. The molecule has 0 fully saturated rings. The van der Waals surface area contributed by atoms with Crippen LogP contribution in [0.4, 0.5) is 0 Å². The number of carbonyl (C=O) groups excluding carboxylic acids is 1. The molecule has 0 aliphatic rings. The lowest BCUT2D eigenvalue weighted by molar-refractivity contribution is 0.0427. The first kappa shape index (κ1) is 74.0. The molecule has 0 amide bonds. The van der Waals surface area contributed by atoms with E-state index in [-0.39, 0.29) is 33.9 Å². The van der Waals surface area contributed by atoms with Gasteiger partial charge in [0.15, 0.2) is 0 Å². The number of fused-ring (bicyclic) bond motifs is 6. The highest BCUT2D eigenvalue weighted by molar-refractivity contribution is 9.09. The highest BCUT2D eigenvalue weighted by Gasteiger charge is 2.23. The van der Waals surface area contributed by atoms with Crippen LogP contribution in [0.15, 0.2) is 188 Å². The van der Waals surface area contributed by atoms with Crippen molar-refractivity contribution < 1.29 is 64.4 Å². The van der Waals surface area contributed by atoms with Crippen molar-refractivity contribution in [3.05, 3.63) is 210 Å². The van der Waals surface area contributed by atoms with E-state index in [0.29, 0.717) is 34.9 Å². The van der Waals surface area contributed by atoms with E-state index in [1.54, 1.807) is 60.7 Å². The number of esters is 1. The summed E-state index contributed by atoms with van der Waals surface area (Å²) in [7, 11) is -0.721. The van der Waals surface area contributed by atoms with Crippen LogP contribution < -0.4 is 10.9 Å². The molecule has 2 atom stereocenters. The van der Waals surface area contributed by atoms with Crippen molar-refractivity contribution in [3.63, 3.8) is 0 Å². The number of carboxylic acid groups (broad SMARTS) is 3. The number of aromatic carboxylic acids is 3. The Balaban J connectivity index is 0.000000248. The SMILES string of the molecule is CCCCC(CC)CBr.CCCCC(CC)COC(=O)c1ccc(B(O)O)cc1.O=C(O)c1ccc(-c2ccc3c4ccc(-c5ccc(C(=O)O)cc5)cc4c4c(nc(-c5ccccc5O)n4-c4ccccc4)c3c2)cc1.O=C(O)c1ccc(B(O)O)cc1.S=S=S=S. The Labute approximate surface area is 565 Å². The van der Waals surface area contributed by atoms with Gasteiger partial charge in [-0.05, 0) is 154 Å². The van der Waals surface area contributed by atoms with Crippen molar-refractivity contribution in [1.29, 1.82) is 0 Å². The molecule has 1 aromatic heterocycles. The van der Waals surface area contributed by atoms with Crippen LogP contribution >= 0.6 is 15.9 Å². The number of phenols is 1. The zero-order valence-corrected chi connectivity index (χ0v) is 56.7. The number of phenolic OH excluding ortho intramolecular Hbond substituents is 1. The summed E-state index contributed by atoms with van der Waals surface area (Å²) in [5, 5.41) is 78.7. The number of nitrogens with zero attached hydrogens (tertiary/aromatic N) is 2. The fourth-order valence-corrected chi connectivity index (χ4v) is 10.9. The third-order valence-electron chi connectivity index (χ3n) is 15.5. The van der Waals surface area contributed by atoms with E-state index in [0.717, 1.165) is 92.1 Å². The van der Waals surface area contributed by atoms with E-state index in [1.165, 1.54) is 85.2 Å². The second-order valence-electron chi connectivity index (χ2n) is 21.6. The molecule has 10 rings (SSSR count). The summed E-state index contributed by atoms with van der Waals surface area (Å²) in [6.07, 6.45) is 9.84. The van der Waals surface area contributed by atoms with Crippen molar-refractivity contribution in [2.24, 2.45) is 11.8 Å². The molecule has 0 saturated heterocycles. The predicted molar refractivity (Wildman–Crippen MR) is 388 cm³/mol. The lowest BCUT2D eigenvalue weighted by atomic mass is 9.80. The van der Waals surface area contributed by atoms with Gasteiger partial charge in [-0.1, -0.05) is 185 Å². The number of aromatic nitrogens is 2. The van der Waals surface area contributed by atoms with Crippen LogP contribution in [0.2, 0.25) is 0 Å². The van der Waals surface area contributed by atoms with E-state index in [2.05, 4.69) is 94.8 Å². The van der Waals surface area contributed by atoms with Gasteiger partial charge in [0.1, 0.15) is 11.6 Å². The number of aromatic hydroxyl groups is 1. The summed E-state index contributed by atoms with van der Waals surface area (Å²) in [5.41, 5.74) is 8.25. The first-order chi connectivity index (χ1) is 44.8. The Morgan fingerprint density at radius 3 is 1.38 bits per heavy atom. The van der Waals surface area contributed by atoms with Crippen LogP contribution in [-0.4, -0.2) is 100 Å². The minimum Gasteiger partial charge on any atom is -0.507 e. The first-order valence-electron chi connectivity index (χ1n) is 30.2. The average Bonchev–Trinajstić information content (AvgIpc) is 1.62. The zero-order chi connectivity index (χ0) is 67.6. The van der Waals surface area contributed by atoms with E-state index < -0.39 is 32.1 Å². The molecule has 0 spiro atoms. The zero-order valence-electron chi connectivity index (χ0n) is 51.8. The smallest absolute Gasteiger partial charge is 0.488 e. The molecule has 2 unspecified atom stereocenters. The standard InChI is InChI=1S/C41H26N2O5.C15H23BO4.C8H17Br.C7H7BO4.S4/c44-36-9-5-4-8-33(36)39-42-37-34-22-28(24-10-14-26(15-11-24)40(45)46)18-20-31(34)32-21-19-29(25-12-16-27(17-13-25)41(47)48)23-35(32)38(37)43(39)30-6-2-1-3-7-30;1-3-5-6-12(4-2)11-20-15(17)13-7-9-14(10-8-13)16(18)19;1-3-5-6-8(4-2)7-9;9-7(10)5-1-3-6(4-2-5)8(11)12;1-3-4-2/h1-23,44H,(H,45,46)(H,47,48);7-10,12,18-19H,3-6,11H2,1-2H3;8H,3-7H2,1-2H3;1-4,11-12H,(H,9,10);. The summed E-state index contributed by atoms with van der Waals surface area (Å²) >= 11 is 12.2. The van der Waals surface area contributed by atoms with Gasteiger partial charge in [-0.15, -0.1) is 0 Å². The number of carbonyl (C=O) groups is 4. The summed E-state index contributed by atoms with van der Waals surface area (Å²) in [6.45, 7) is 9.21. The van der Waals surface area contributed by atoms with Crippen LogP contribution in [0.3, 0.4) is 0 Å². The van der Waals surface area contributed by atoms with Crippen LogP contribution in [0, 0.1) is 11.8 Å². The molecular formula is C71H73B2BrN2O13S4. The molecule has 93 heavy (non-hydrogen) atoms. The number of unbranched alkanes of at least 4 members (excludes halogenated alkanes) is 2. The van der Waals surface area contributed by atoms with Crippen LogP contribution in [0.1, 0.15) is 120 Å². The molecule has 0 radical (unpaired) electrons. The molecular weight excluding hydrogens is 1320 g/mol.